The minimum atomic E-state index is -0.539. The van der Waals surface area contributed by atoms with Crippen LogP contribution in [0.4, 0.5) is 16.2 Å². The third-order valence-electron chi connectivity index (χ3n) is 3.02. The smallest absolute Gasteiger partial charge is 0.412 e. The molecule has 0 aromatic heterocycles. The molecule has 0 bridgehead atoms. The number of ether oxygens (including phenoxy) is 2. The summed E-state index contributed by atoms with van der Waals surface area (Å²) in [5.41, 5.74) is 0.859. The van der Waals surface area contributed by atoms with Crippen molar-refractivity contribution in [3.63, 3.8) is 0 Å². The number of amides is 1. The molecule has 0 saturated carbocycles. The Morgan fingerprint density at radius 3 is 2.81 bits per heavy atom. The van der Waals surface area contributed by atoms with Gasteiger partial charge in [-0.1, -0.05) is 0 Å². The molecule has 0 fully saturated rings. The minimum absolute atomic E-state index is 0.0146. The predicted octanol–water partition coefficient (Wildman–Crippen LogP) is 2.59. The molecule has 1 aliphatic heterocycles. The fourth-order valence-corrected chi connectivity index (χ4v) is 2.04. The van der Waals surface area contributed by atoms with Gasteiger partial charge in [0.05, 0.1) is 18.3 Å². The fourth-order valence-electron chi connectivity index (χ4n) is 2.04. The molecule has 21 heavy (non-hydrogen) atoms. The highest BCUT2D eigenvalue weighted by Gasteiger charge is 2.26. The quantitative estimate of drug-likeness (QED) is 0.781. The molecule has 0 saturated heterocycles. The Morgan fingerprint density at radius 1 is 1.48 bits per heavy atom. The van der Waals surface area contributed by atoms with E-state index in [1.54, 1.807) is 18.2 Å². The molecule has 1 aromatic rings. The summed E-state index contributed by atoms with van der Waals surface area (Å²) in [6, 6.07) is 5.25. The van der Waals surface area contributed by atoms with E-state index in [2.05, 4.69) is 10.6 Å². The largest absolute Gasteiger partial charge is 0.484 e. The van der Waals surface area contributed by atoms with Crippen LogP contribution in [0, 0.1) is 0 Å². The van der Waals surface area contributed by atoms with E-state index in [4.69, 9.17) is 9.47 Å². The summed E-state index contributed by atoms with van der Waals surface area (Å²) in [4.78, 5) is 11.7. The maximum Gasteiger partial charge on any atom is 0.412 e. The van der Waals surface area contributed by atoms with Crippen LogP contribution in [-0.4, -0.2) is 35.6 Å². The number of anilines is 2. The van der Waals surface area contributed by atoms with Gasteiger partial charge >= 0.3 is 6.09 Å². The Morgan fingerprint density at radius 2 is 2.19 bits per heavy atom. The van der Waals surface area contributed by atoms with Crippen LogP contribution < -0.4 is 15.4 Å². The molecule has 1 aromatic carbocycles. The van der Waals surface area contributed by atoms with Crippen LogP contribution in [0.3, 0.4) is 0 Å². The molecule has 0 spiro atoms. The van der Waals surface area contributed by atoms with Gasteiger partial charge in [0.1, 0.15) is 17.5 Å². The minimum Gasteiger partial charge on any atom is -0.484 e. The van der Waals surface area contributed by atoms with Crippen molar-refractivity contribution in [2.24, 2.45) is 0 Å². The van der Waals surface area contributed by atoms with Crippen LogP contribution in [-0.2, 0) is 4.74 Å². The van der Waals surface area contributed by atoms with Crippen LogP contribution >= 0.6 is 0 Å². The standard InChI is InChI=1S/C15H22N2O4/c1-9-13(8-18)20-12-6-5-10(7-11(12)16-9)17-14(19)21-15(2,3)4/h5-7,9,13,16,18H,8H2,1-4H3,(H,17,19)/t9-,13+/m0/s1. The number of benzene rings is 1. The van der Waals surface area contributed by atoms with Gasteiger partial charge in [0, 0.05) is 5.69 Å². The summed E-state index contributed by atoms with van der Waals surface area (Å²) in [6.45, 7) is 7.31. The SMILES string of the molecule is C[C@@H]1Nc2cc(NC(=O)OC(C)(C)C)ccc2O[C@@H]1CO. The van der Waals surface area contributed by atoms with Crippen molar-refractivity contribution in [1.82, 2.24) is 0 Å². The van der Waals surface area contributed by atoms with Gasteiger partial charge in [-0.25, -0.2) is 4.79 Å². The lowest BCUT2D eigenvalue weighted by Gasteiger charge is -2.32. The van der Waals surface area contributed by atoms with E-state index in [9.17, 15) is 9.90 Å². The lowest BCUT2D eigenvalue weighted by atomic mass is 10.1. The lowest BCUT2D eigenvalue weighted by molar-refractivity contribution is 0.0636. The number of nitrogens with one attached hydrogen (secondary N) is 2. The molecule has 6 heteroatoms. The van der Waals surface area contributed by atoms with Crippen LogP contribution in [0.15, 0.2) is 18.2 Å². The number of aliphatic hydroxyl groups excluding tert-OH is 1. The number of rotatable bonds is 2. The van der Waals surface area contributed by atoms with E-state index < -0.39 is 11.7 Å². The van der Waals surface area contributed by atoms with Gasteiger partial charge in [-0.05, 0) is 45.9 Å². The van der Waals surface area contributed by atoms with Crippen molar-refractivity contribution >= 4 is 17.5 Å². The molecule has 2 rings (SSSR count). The molecular weight excluding hydrogens is 272 g/mol. The number of carbonyl (C=O) groups excluding carboxylic acids is 1. The lowest BCUT2D eigenvalue weighted by Crippen LogP contribution is -2.41. The Labute approximate surface area is 124 Å². The van der Waals surface area contributed by atoms with Crippen molar-refractivity contribution in [2.75, 3.05) is 17.2 Å². The maximum atomic E-state index is 11.7. The topological polar surface area (TPSA) is 79.8 Å². The van der Waals surface area contributed by atoms with Crippen molar-refractivity contribution in [1.29, 1.82) is 0 Å². The van der Waals surface area contributed by atoms with E-state index in [1.165, 1.54) is 0 Å². The number of hydrogen-bond acceptors (Lipinski definition) is 5. The second kappa shape index (κ2) is 5.81. The molecule has 1 amide bonds. The highest BCUT2D eigenvalue weighted by atomic mass is 16.6. The molecular formula is C15H22N2O4. The summed E-state index contributed by atoms with van der Waals surface area (Å²) < 4.78 is 10.9. The van der Waals surface area contributed by atoms with Gasteiger partial charge in [0.15, 0.2) is 0 Å². The monoisotopic (exact) mass is 294 g/mol. The third kappa shape index (κ3) is 4.01. The van der Waals surface area contributed by atoms with Crippen molar-refractivity contribution in [3.05, 3.63) is 18.2 Å². The Balaban J connectivity index is 2.08. The van der Waals surface area contributed by atoms with Gasteiger partial charge in [-0.2, -0.15) is 0 Å². The molecule has 0 aliphatic carbocycles. The van der Waals surface area contributed by atoms with E-state index in [-0.39, 0.29) is 18.8 Å². The van der Waals surface area contributed by atoms with Crippen LogP contribution in [0.1, 0.15) is 27.7 Å². The molecule has 0 radical (unpaired) electrons. The maximum absolute atomic E-state index is 11.7. The second-order valence-corrected chi connectivity index (χ2v) is 6.11. The summed E-state index contributed by atoms with van der Waals surface area (Å²) in [7, 11) is 0. The molecule has 116 valence electrons. The molecule has 2 atom stereocenters. The number of aliphatic hydroxyl groups is 1. The normalized spacial score (nSPS) is 20.8. The molecule has 0 unspecified atom stereocenters. The Bertz CT molecular complexity index is 525. The molecule has 6 nitrogen and oxygen atoms in total. The summed E-state index contributed by atoms with van der Waals surface area (Å²) >= 11 is 0. The zero-order valence-corrected chi connectivity index (χ0v) is 12.8. The highest BCUT2D eigenvalue weighted by molar-refractivity contribution is 5.86. The van der Waals surface area contributed by atoms with E-state index in [1.807, 2.05) is 27.7 Å². The molecule has 3 N–H and O–H groups in total. The Hall–Kier alpha value is -1.95. The average Bonchev–Trinajstić information content (AvgIpc) is 2.35. The first-order chi connectivity index (χ1) is 9.78. The van der Waals surface area contributed by atoms with Gasteiger partial charge < -0.3 is 19.9 Å². The van der Waals surface area contributed by atoms with Gasteiger partial charge in [0.2, 0.25) is 0 Å². The second-order valence-electron chi connectivity index (χ2n) is 6.11. The van der Waals surface area contributed by atoms with Gasteiger partial charge in [-0.15, -0.1) is 0 Å². The van der Waals surface area contributed by atoms with E-state index >= 15 is 0 Å². The van der Waals surface area contributed by atoms with Gasteiger partial charge in [0.25, 0.3) is 0 Å². The van der Waals surface area contributed by atoms with Crippen molar-refractivity contribution in [3.8, 4) is 5.75 Å². The first kappa shape index (κ1) is 15.4. The number of carbonyl (C=O) groups is 1. The van der Waals surface area contributed by atoms with Gasteiger partial charge in [-0.3, -0.25) is 5.32 Å². The van der Waals surface area contributed by atoms with Crippen molar-refractivity contribution in [2.45, 2.75) is 45.4 Å². The first-order valence-corrected chi connectivity index (χ1v) is 6.96. The van der Waals surface area contributed by atoms with E-state index in [0.717, 1.165) is 5.69 Å². The zero-order chi connectivity index (χ0) is 15.6. The number of fused-ring (bicyclic) bond motifs is 1. The summed E-state index contributed by atoms with van der Waals surface area (Å²) in [5, 5.41) is 15.2. The van der Waals surface area contributed by atoms with Crippen LogP contribution in [0.5, 0.6) is 5.75 Å². The average molecular weight is 294 g/mol. The number of hydrogen-bond donors (Lipinski definition) is 3. The first-order valence-electron chi connectivity index (χ1n) is 6.96. The fraction of sp³-hybridized carbons (Fsp3) is 0.533. The zero-order valence-electron chi connectivity index (χ0n) is 12.8. The summed E-state index contributed by atoms with van der Waals surface area (Å²) in [5.74, 6) is 0.655. The van der Waals surface area contributed by atoms with Crippen LogP contribution in [0.2, 0.25) is 0 Å². The predicted molar refractivity (Wildman–Crippen MR) is 80.9 cm³/mol. The van der Waals surface area contributed by atoms with Crippen molar-refractivity contribution < 1.29 is 19.4 Å². The van der Waals surface area contributed by atoms with E-state index in [0.29, 0.717) is 11.4 Å². The molecule has 1 heterocycles. The summed E-state index contributed by atoms with van der Waals surface area (Å²) in [6.07, 6.45) is -0.775. The third-order valence-corrected chi connectivity index (χ3v) is 3.02. The van der Waals surface area contributed by atoms with Crippen LogP contribution in [0.25, 0.3) is 0 Å². The Kier molecular flexibility index (Phi) is 4.27. The highest BCUT2D eigenvalue weighted by Crippen LogP contribution is 2.33. The molecule has 1 aliphatic rings.